The van der Waals surface area contributed by atoms with Crippen molar-refractivity contribution in [3.05, 3.63) is 57.0 Å². The quantitative estimate of drug-likeness (QED) is 0.240. The molecule has 2 aromatic rings. The van der Waals surface area contributed by atoms with Gasteiger partial charge in [-0.1, -0.05) is 27.5 Å². The van der Waals surface area contributed by atoms with Crippen molar-refractivity contribution in [3.8, 4) is 5.75 Å². The maximum absolute atomic E-state index is 12.7. The molecule has 11 nitrogen and oxygen atoms in total. The highest BCUT2D eigenvalue weighted by atomic mass is 79.9. The van der Waals surface area contributed by atoms with Gasteiger partial charge in [0.05, 0.1) is 38.3 Å². The molecule has 0 fully saturated rings. The van der Waals surface area contributed by atoms with Crippen molar-refractivity contribution in [2.45, 2.75) is 25.5 Å². The lowest BCUT2D eigenvalue weighted by atomic mass is 10.0. The fraction of sp³-hybridized carbons (Fsp3) is 0.333. The number of esters is 1. The van der Waals surface area contributed by atoms with E-state index in [0.29, 0.717) is 33.3 Å². The molecule has 2 atom stereocenters. The number of nitrogens with one attached hydrogen (secondary N) is 4. The first-order valence-corrected chi connectivity index (χ1v) is 12.6. The number of aliphatic hydroxyl groups excluding tert-OH is 1. The van der Waals surface area contributed by atoms with Gasteiger partial charge in [0, 0.05) is 33.4 Å². The summed E-state index contributed by atoms with van der Waals surface area (Å²) in [4.78, 5) is 41.6. The molecule has 0 aromatic heterocycles. The van der Waals surface area contributed by atoms with Crippen LogP contribution in [-0.4, -0.2) is 66.3 Å². The molecule has 0 spiro atoms. The third-order valence-corrected chi connectivity index (χ3v) is 5.79. The number of aliphatic imine (C=N–C) groups is 1. The summed E-state index contributed by atoms with van der Waals surface area (Å²) in [7, 11) is 0. The lowest BCUT2D eigenvalue weighted by Gasteiger charge is -2.20. The van der Waals surface area contributed by atoms with Gasteiger partial charge in [-0.2, -0.15) is 0 Å². The van der Waals surface area contributed by atoms with Crippen LogP contribution in [0.3, 0.4) is 0 Å². The molecule has 2 aromatic carbocycles. The average molecular weight is 597 g/mol. The van der Waals surface area contributed by atoms with E-state index in [1.807, 2.05) is 0 Å². The van der Waals surface area contributed by atoms with Gasteiger partial charge in [-0.25, -0.2) is 0 Å². The number of guanidine groups is 1. The topological polar surface area (TPSA) is 161 Å². The number of hydrogen-bond acceptors (Lipinski definition) is 9. The zero-order valence-corrected chi connectivity index (χ0v) is 22.2. The molecule has 13 heteroatoms. The number of β-amino-alcohol motifs (C(OH)–C–C–N with tert-alkyl or cyclic N) is 1. The fourth-order valence-corrected chi connectivity index (χ4v) is 4.38. The van der Waals surface area contributed by atoms with Crippen LogP contribution in [0.1, 0.15) is 35.3 Å². The van der Waals surface area contributed by atoms with Crippen LogP contribution in [0.2, 0.25) is 5.02 Å². The SMILES string of the molecule is CCOC(=O)C[C@H](NC(=O)CNC(=O)c1cc(O)cc(NC2=NCC(O)CN2)c1)c1cc(Cl)cc(Br)c1. The number of carbonyl (C=O) groups excluding carboxylic acids is 3. The van der Waals surface area contributed by atoms with E-state index in [2.05, 4.69) is 42.2 Å². The predicted octanol–water partition coefficient (Wildman–Crippen LogP) is 2.08. The van der Waals surface area contributed by atoms with Gasteiger partial charge < -0.3 is 36.2 Å². The van der Waals surface area contributed by atoms with E-state index in [4.69, 9.17) is 16.3 Å². The molecule has 1 unspecified atom stereocenters. The number of benzene rings is 2. The molecular weight excluding hydrogens is 570 g/mol. The maximum Gasteiger partial charge on any atom is 0.308 e. The summed E-state index contributed by atoms with van der Waals surface area (Å²) < 4.78 is 5.69. The number of ether oxygens (including phenoxy) is 1. The fourth-order valence-electron chi connectivity index (χ4n) is 3.49. The first-order chi connectivity index (χ1) is 17.6. The number of aliphatic hydroxyl groups is 1. The second-order valence-electron chi connectivity index (χ2n) is 8.13. The van der Waals surface area contributed by atoms with E-state index in [1.165, 1.54) is 18.2 Å². The van der Waals surface area contributed by atoms with E-state index in [9.17, 15) is 24.6 Å². The average Bonchev–Trinajstić information content (AvgIpc) is 2.83. The van der Waals surface area contributed by atoms with Crippen molar-refractivity contribution in [1.29, 1.82) is 0 Å². The number of amides is 2. The standard InChI is InChI=1S/C24H27BrClN5O6/c1-2-37-22(35)9-20(13-3-15(25)7-16(26)4-13)31-21(34)12-27-23(36)14-5-17(8-18(32)6-14)30-24-28-10-19(33)11-29-24/h3-8,19-20,32-33H,2,9-12H2,1H3,(H,27,36)(H,31,34)(H2,28,29,30)/t20-/m0/s1. The number of hydrogen-bond donors (Lipinski definition) is 6. The highest BCUT2D eigenvalue weighted by Gasteiger charge is 2.21. The van der Waals surface area contributed by atoms with E-state index < -0.39 is 29.9 Å². The molecule has 0 radical (unpaired) electrons. The molecule has 0 aliphatic carbocycles. The maximum atomic E-state index is 12.7. The van der Waals surface area contributed by atoms with Gasteiger partial charge >= 0.3 is 5.97 Å². The van der Waals surface area contributed by atoms with E-state index >= 15 is 0 Å². The Balaban J connectivity index is 1.64. The number of phenols is 1. The van der Waals surface area contributed by atoms with Crippen molar-refractivity contribution < 1.29 is 29.3 Å². The highest BCUT2D eigenvalue weighted by molar-refractivity contribution is 9.10. The van der Waals surface area contributed by atoms with Gasteiger partial charge in [0.1, 0.15) is 5.75 Å². The predicted molar refractivity (Wildman–Crippen MR) is 142 cm³/mol. The molecule has 1 heterocycles. The first-order valence-electron chi connectivity index (χ1n) is 11.4. The third-order valence-electron chi connectivity index (χ3n) is 5.12. The summed E-state index contributed by atoms with van der Waals surface area (Å²) in [6.45, 7) is 2.03. The molecule has 6 N–H and O–H groups in total. The van der Waals surface area contributed by atoms with Gasteiger partial charge in [0.2, 0.25) is 5.91 Å². The van der Waals surface area contributed by atoms with Crippen LogP contribution in [0.5, 0.6) is 5.75 Å². The molecule has 1 aliphatic heterocycles. The lowest BCUT2D eigenvalue weighted by Crippen LogP contribution is -2.42. The number of halogens is 2. The van der Waals surface area contributed by atoms with Crippen LogP contribution in [0.15, 0.2) is 45.9 Å². The molecule has 0 bridgehead atoms. The Hall–Kier alpha value is -3.35. The smallest absolute Gasteiger partial charge is 0.308 e. The summed E-state index contributed by atoms with van der Waals surface area (Å²) in [5.41, 5.74) is 1.08. The van der Waals surface area contributed by atoms with Crippen LogP contribution in [0.4, 0.5) is 5.69 Å². The lowest BCUT2D eigenvalue weighted by molar-refractivity contribution is -0.143. The highest BCUT2D eigenvalue weighted by Crippen LogP contribution is 2.26. The molecule has 198 valence electrons. The number of aromatic hydroxyl groups is 1. The Morgan fingerprint density at radius 2 is 2.03 bits per heavy atom. The molecule has 2 amide bonds. The van der Waals surface area contributed by atoms with Gasteiger partial charge in [0.25, 0.3) is 5.91 Å². The van der Waals surface area contributed by atoms with Crippen molar-refractivity contribution in [3.63, 3.8) is 0 Å². The summed E-state index contributed by atoms with van der Waals surface area (Å²) >= 11 is 9.48. The van der Waals surface area contributed by atoms with Crippen LogP contribution < -0.4 is 21.3 Å². The summed E-state index contributed by atoms with van der Waals surface area (Å²) in [5, 5.41) is 31.0. The normalized spacial score (nSPS) is 15.6. The molecule has 1 aliphatic rings. The van der Waals surface area contributed by atoms with Crippen molar-refractivity contribution >= 4 is 57.0 Å². The number of carbonyl (C=O) groups is 3. The van der Waals surface area contributed by atoms with Crippen molar-refractivity contribution in [1.82, 2.24) is 16.0 Å². The Bertz CT molecular complexity index is 1170. The van der Waals surface area contributed by atoms with Crippen LogP contribution in [-0.2, 0) is 14.3 Å². The monoisotopic (exact) mass is 595 g/mol. The summed E-state index contributed by atoms with van der Waals surface area (Å²) in [6, 6.07) is 8.43. The molecule has 0 saturated carbocycles. The Kier molecular flexibility index (Phi) is 10.1. The van der Waals surface area contributed by atoms with E-state index in [-0.39, 0.29) is 37.4 Å². The van der Waals surface area contributed by atoms with Gasteiger partial charge in [-0.05, 0) is 42.8 Å². The molecule has 37 heavy (non-hydrogen) atoms. The second-order valence-corrected chi connectivity index (χ2v) is 9.48. The van der Waals surface area contributed by atoms with E-state index in [0.717, 1.165) is 0 Å². The Morgan fingerprint density at radius 3 is 2.70 bits per heavy atom. The second kappa shape index (κ2) is 13.3. The minimum Gasteiger partial charge on any atom is -0.508 e. The van der Waals surface area contributed by atoms with Gasteiger partial charge in [-0.3, -0.25) is 19.4 Å². The van der Waals surface area contributed by atoms with Crippen LogP contribution in [0.25, 0.3) is 0 Å². The van der Waals surface area contributed by atoms with Gasteiger partial charge in [0.15, 0.2) is 5.96 Å². The number of rotatable bonds is 9. The van der Waals surface area contributed by atoms with E-state index in [1.54, 1.807) is 25.1 Å². The molecule has 3 rings (SSSR count). The molecular formula is C24H27BrClN5O6. The number of nitrogens with zero attached hydrogens (tertiary/aromatic N) is 1. The Morgan fingerprint density at radius 1 is 1.24 bits per heavy atom. The summed E-state index contributed by atoms with van der Waals surface area (Å²) in [6.07, 6.45) is -0.712. The molecule has 0 saturated heterocycles. The largest absolute Gasteiger partial charge is 0.508 e. The minimum absolute atomic E-state index is 0.105. The summed E-state index contributed by atoms with van der Waals surface area (Å²) in [5.74, 6) is -1.43. The van der Waals surface area contributed by atoms with Crippen LogP contribution >= 0.6 is 27.5 Å². The Labute approximate surface area is 226 Å². The first kappa shape index (κ1) is 28.2. The number of anilines is 1. The zero-order valence-electron chi connectivity index (χ0n) is 19.9. The zero-order chi connectivity index (χ0) is 26.9. The van der Waals surface area contributed by atoms with Crippen molar-refractivity contribution in [2.75, 3.05) is 31.6 Å². The van der Waals surface area contributed by atoms with Crippen molar-refractivity contribution in [2.24, 2.45) is 4.99 Å². The van der Waals surface area contributed by atoms with Gasteiger partial charge in [-0.15, -0.1) is 0 Å². The number of phenolic OH excluding ortho intramolecular Hbond substituents is 1. The van der Waals surface area contributed by atoms with Crippen LogP contribution in [0, 0.1) is 0 Å². The third kappa shape index (κ3) is 8.92. The minimum atomic E-state index is -0.739.